The number of aromatic nitrogens is 2. The molecule has 7 heteroatoms. The van der Waals surface area contributed by atoms with Crippen molar-refractivity contribution in [3.8, 4) is 0 Å². The van der Waals surface area contributed by atoms with Gasteiger partial charge in [-0.25, -0.2) is 18.1 Å². The number of aromatic amines is 1. The molecule has 0 aliphatic carbocycles. The summed E-state index contributed by atoms with van der Waals surface area (Å²) in [6.45, 7) is 0.623. The van der Waals surface area contributed by atoms with Crippen LogP contribution in [0.3, 0.4) is 0 Å². The van der Waals surface area contributed by atoms with Gasteiger partial charge in [-0.1, -0.05) is 0 Å². The highest BCUT2D eigenvalue weighted by atomic mass is 32.2. The summed E-state index contributed by atoms with van der Waals surface area (Å²) in [7, 11) is -3.20. The Morgan fingerprint density at radius 1 is 1.57 bits per heavy atom. The second-order valence-electron chi connectivity index (χ2n) is 2.86. The first-order valence-corrected chi connectivity index (χ1v) is 5.94. The van der Waals surface area contributed by atoms with Crippen molar-refractivity contribution in [1.82, 2.24) is 14.7 Å². The van der Waals surface area contributed by atoms with Gasteiger partial charge in [0.2, 0.25) is 10.0 Å². The van der Waals surface area contributed by atoms with Gasteiger partial charge in [-0.15, -0.1) is 0 Å². The zero-order valence-electron chi connectivity index (χ0n) is 7.73. The highest BCUT2D eigenvalue weighted by Crippen LogP contribution is 1.93. The molecule has 0 aliphatic rings. The largest absolute Gasteiger partial charge is 0.347 e. The van der Waals surface area contributed by atoms with Gasteiger partial charge in [0.25, 0.3) is 0 Å². The van der Waals surface area contributed by atoms with Gasteiger partial charge in [0.05, 0.1) is 18.6 Å². The van der Waals surface area contributed by atoms with Gasteiger partial charge < -0.3 is 10.7 Å². The van der Waals surface area contributed by atoms with Crippen LogP contribution in [0.4, 0.5) is 0 Å². The van der Waals surface area contributed by atoms with Crippen LogP contribution in [0.2, 0.25) is 0 Å². The third-order valence-electron chi connectivity index (χ3n) is 1.65. The van der Waals surface area contributed by atoms with Gasteiger partial charge in [0, 0.05) is 11.9 Å². The van der Waals surface area contributed by atoms with Crippen molar-refractivity contribution in [1.29, 1.82) is 0 Å². The lowest BCUT2D eigenvalue weighted by Crippen LogP contribution is -2.27. The summed E-state index contributed by atoms with van der Waals surface area (Å²) in [5.41, 5.74) is 5.96. The minimum absolute atomic E-state index is 0.0671. The highest BCUT2D eigenvalue weighted by molar-refractivity contribution is 7.89. The Labute approximate surface area is 83.0 Å². The molecule has 4 N–H and O–H groups in total. The van der Waals surface area contributed by atoms with Gasteiger partial charge in [-0.2, -0.15) is 0 Å². The van der Waals surface area contributed by atoms with Crippen LogP contribution in [0, 0.1) is 0 Å². The van der Waals surface area contributed by atoms with E-state index in [0.29, 0.717) is 13.0 Å². The monoisotopic (exact) mass is 218 g/mol. The zero-order chi connectivity index (χ0) is 10.4. The molecule has 0 unspecified atom stereocenters. The number of hydrogen-bond acceptors (Lipinski definition) is 4. The van der Waals surface area contributed by atoms with Gasteiger partial charge in [-0.05, 0) is 13.0 Å². The fraction of sp³-hybridized carbons (Fsp3) is 0.571. The first-order valence-electron chi connectivity index (χ1n) is 4.29. The first-order chi connectivity index (χ1) is 6.64. The van der Waals surface area contributed by atoms with Crippen LogP contribution >= 0.6 is 0 Å². The molecule has 0 spiro atoms. The van der Waals surface area contributed by atoms with Crippen LogP contribution < -0.4 is 10.5 Å². The van der Waals surface area contributed by atoms with Crippen molar-refractivity contribution in [2.45, 2.75) is 13.0 Å². The fourth-order valence-corrected chi connectivity index (χ4v) is 1.98. The molecule has 0 aromatic carbocycles. The molecular weight excluding hydrogens is 204 g/mol. The number of nitrogens with two attached hydrogens (primary N) is 1. The quantitative estimate of drug-likeness (QED) is 0.580. The highest BCUT2D eigenvalue weighted by Gasteiger charge is 2.08. The number of H-pyrrole nitrogens is 1. The van der Waals surface area contributed by atoms with Gasteiger partial charge in [0.1, 0.15) is 0 Å². The maximum absolute atomic E-state index is 11.3. The van der Waals surface area contributed by atoms with Gasteiger partial charge >= 0.3 is 0 Å². The summed E-state index contributed by atoms with van der Waals surface area (Å²) in [5.74, 6) is 0.0671. The Morgan fingerprint density at radius 2 is 2.36 bits per heavy atom. The minimum Gasteiger partial charge on any atom is -0.347 e. The van der Waals surface area contributed by atoms with E-state index in [1.807, 2.05) is 0 Å². The lowest BCUT2D eigenvalue weighted by molar-refractivity contribution is 0.578. The summed E-state index contributed by atoms with van der Waals surface area (Å²) in [6.07, 6.45) is 3.55. The van der Waals surface area contributed by atoms with Crippen molar-refractivity contribution in [3.05, 3.63) is 18.2 Å². The molecule has 80 valence electrons. The van der Waals surface area contributed by atoms with E-state index in [0.717, 1.165) is 5.69 Å². The summed E-state index contributed by atoms with van der Waals surface area (Å²) in [4.78, 5) is 6.58. The van der Waals surface area contributed by atoms with Crippen LogP contribution in [0.1, 0.15) is 12.1 Å². The molecule has 0 bridgehead atoms. The molecule has 1 rings (SSSR count). The summed E-state index contributed by atoms with van der Waals surface area (Å²) >= 11 is 0. The van der Waals surface area contributed by atoms with Crippen LogP contribution in [0.25, 0.3) is 0 Å². The molecule has 14 heavy (non-hydrogen) atoms. The molecule has 1 aromatic heterocycles. The smallest absolute Gasteiger partial charge is 0.211 e. The van der Waals surface area contributed by atoms with Crippen LogP contribution in [0.15, 0.2) is 12.5 Å². The maximum atomic E-state index is 11.3. The minimum atomic E-state index is -3.20. The van der Waals surface area contributed by atoms with Gasteiger partial charge in [0.15, 0.2) is 0 Å². The predicted molar refractivity (Wildman–Crippen MR) is 52.9 cm³/mol. The zero-order valence-corrected chi connectivity index (χ0v) is 8.55. The first kappa shape index (κ1) is 11.2. The number of rotatable bonds is 6. The van der Waals surface area contributed by atoms with Crippen molar-refractivity contribution >= 4 is 10.0 Å². The van der Waals surface area contributed by atoms with E-state index in [9.17, 15) is 8.42 Å². The van der Waals surface area contributed by atoms with Crippen molar-refractivity contribution in [3.63, 3.8) is 0 Å². The molecule has 1 aromatic rings. The summed E-state index contributed by atoms with van der Waals surface area (Å²) in [6, 6.07) is 0. The predicted octanol–water partition coefficient (Wildman–Crippen LogP) is -0.822. The fourth-order valence-electron chi connectivity index (χ4n) is 0.915. The van der Waals surface area contributed by atoms with Crippen molar-refractivity contribution in [2.75, 3.05) is 12.3 Å². The van der Waals surface area contributed by atoms with E-state index in [1.54, 1.807) is 6.20 Å². The molecule has 0 saturated heterocycles. The molecule has 6 nitrogen and oxygen atoms in total. The lowest BCUT2D eigenvalue weighted by atomic mass is 10.5. The number of imidazole rings is 1. The average Bonchev–Trinajstić information content (AvgIpc) is 2.64. The Hall–Kier alpha value is -0.920. The molecule has 0 radical (unpaired) electrons. The number of hydrogen-bond donors (Lipinski definition) is 3. The number of nitrogens with one attached hydrogen (secondary N) is 2. The van der Waals surface area contributed by atoms with Crippen molar-refractivity contribution < 1.29 is 8.42 Å². The van der Waals surface area contributed by atoms with E-state index in [-0.39, 0.29) is 12.3 Å². The van der Waals surface area contributed by atoms with Crippen LogP contribution in [-0.4, -0.2) is 30.7 Å². The Balaban J connectivity index is 2.37. The SMILES string of the molecule is NCCCS(=O)(=O)NCc1cnc[nH]1. The summed E-state index contributed by atoms with van der Waals surface area (Å²) in [5, 5.41) is 0. The molecular formula is C7H14N4O2S. The van der Waals surface area contributed by atoms with E-state index in [4.69, 9.17) is 5.73 Å². The van der Waals surface area contributed by atoms with Crippen molar-refractivity contribution in [2.24, 2.45) is 5.73 Å². The van der Waals surface area contributed by atoms with Crippen LogP contribution in [-0.2, 0) is 16.6 Å². The number of nitrogens with zero attached hydrogens (tertiary/aromatic N) is 1. The van der Waals surface area contributed by atoms with E-state index < -0.39 is 10.0 Å². The second kappa shape index (κ2) is 5.08. The van der Waals surface area contributed by atoms with E-state index in [1.165, 1.54) is 6.33 Å². The summed E-state index contributed by atoms with van der Waals surface area (Å²) < 4.78 is 25.0. The topological polar surface area (TPSA) is 101 Å². The van der Waals surface area contributed by atoms with Crippen LogP contribution in [0.5, 0.6) is 0 Å². The molecule has 0 amide bonds. The van der Waals surface area contributed by atoms with E-state index in [2.05, 4.69) is 14.7 Å². The average molecular weight is 218 g/mol. The molecule has 0 aliphatic heterocycles. The molecule has 1 heterocycles. The van der Waals surface area contributed by atoms with E-state index >= 15 is 0 Å². The molecule has 0 saturated carbocycles. The maximum Gasteiger partial charge on any atom is 0.211 e. The lowest BCUT2D eigenvalue weighted by Gasteiger charge is -2.03. The van der Waals surface area contributed by atoms with Gasteiger partial charge in [-0.3, -0.25) is 0 Å². The third-order valence-corrected chi connectivity index (χ3v) is 3.06. The second-order valence-corrected chi connectivity index (χ2v) is 4.79. The number of sulfonamides is 1. The molecule has 0 fully saturated rings. The third kappa shape index (κ3) is 3.86. The normalized spacial score (nSPS) is 11.8. The molecule has 0 atom stereocenters. The standard InChI is InChI=1S/C7H14N4O2S/c8-2-1-3-14(12,13)11-5-7-4-9-6-10-7/h4,6,11H,1-3,5,8H2,(H,9,10). The Bertz CT molecular complexity index is 346. The Morgan fingerprint density at radius 3 is 2.93 bits per heavy atom. The Kier molecular flexibility index (Phi) is 4.05.